The average molecular weight is 259 g/mol. The number of nitrogens with two attached hydrogens (primary N) is 1. The second kappa shape index (κ2) is 5.91. The highest BCUT2D eigenvalue weighted by atomic mass is 19.4. The van der Waals surface area contributed by atoms with Crippen LogP contribution in [0.3, 0.4) is 0 Å². The Labute approximate surface area is 104 Å². The summed E-state index contributed by atoms with van der Waals surface area (Å²) >= 11 is 0. The Morgan fingerprint density at radius 1 is 1.39 bits per heavy atom. The maximum atomic E-state index is 12.5. The molecule has 1 aromatic carbocycles. The third kappa shape index (κ3) is 3.77. The Morgan fingerprint density at radius 3 is 2.61 bits per heavy atom. The number of anilines is 1. The summed E-state index contributed by atoms with van der Waals surface area (Å²) in [5, 5.41) is 9.84. The van der Waals surface area contributed by atoms with Crippen molar-refractivity contribution in [2.24, 2.45) is 0 Å². The van der Waals surface area contributed by atoms with Crippen LogP contribution in [0.15, 0.2) is 30.9 Å². The lowest BCUT2D eigenvalue weighted by molar-refractivity contribution is -0.137. The van der Waals surface area contributed by atoms with Crippen LogP contribution in [0.2, 0.25) is 0 Å². The summed E-state index contributed by atoms with van der Waals surface area (Å²) < 4.78 is 37.6. The lowest BCUT2D eigenvalue weighted by Gasteiger charge is -2.15. The van der Waals surface area contributed by atoms with E-state index in [1.165, 1.54) is 6.07 Å². The molecule has 5 heteroatoms. The number of allylic oxidation sites excluding steroid dienone is 1. The third-order valence-corrected chi connectivity index (χ3v) is 2.66. The molecular weight excluding hydrogens is 243 g/mol. The van der Waals surface area contributed by atoms with Gasteiger partial charge in [-0.15, -0.1) is 6.58 Å². The van der Waals surface area contributed by atoms with E-state index in [0.717, 1.165) is 12.1 Å². The van der Waals surface area contributed by atoms with Gasteiger partial charge in [-0.25, -0.2) is 0 Å². The first-order chi connectivity index (χ1) is 8.36. The molecule has 1 atom stereocenters. The Balaban J connectivity index is 2.89. The highest BCUT2D eigenvalue weighted by Crippen LogP contribution is 2.34. The normalized spacial score (nSPS) is 13.3. The first kappa shape index (κ1) is 14.6. The van der Waals surface area contributed by atoms with Gasteiger partial charge in [0.25, 0.3) is 0 Å². The summed E-state index contributed by atoms with van der Waals surface area (Å²) in [6.45, 7) is 3.54. The van der Waals surface area contributed by atoms with Gasteiger partial charge in [-0.1, -0.05) is 6.08 Å². The van der Waals surface area contributed by atoms with E-state index >= 15 is 0 Å². The minimum Gasteiger partial charge on any atom is -0.398 e. The van der Waals surface area contributed by atoms with Crippen LogP contribution in [0.5, 0.6) is 0 Å². The van der Waals surface area contributed by atoms with E-state index in [9.17, 15) is 18.3 Å². The van der Waals surface area contributed by atoms with Crippen molar-refractivity contribution in [1.29, 1.82) is 0 Å². The lowest BCUT2D eigenvalue weighted by atomic mass is 9.99. The summed E-state index contributed by atoms with van der Waals surface area (Å²) in [6.07, 6.45) is -1.99. The smallest absolute Gasteiger partial charge is 0.398 e. The van der Waals surface area contributed by atoms with Crippen LogP contribution in [0, 0.1) is 0 Å². The summed E-state index contributed by atoms with van der Waals surface area (Å²) in [5.41, 5.74) is 5.10. The topological polar surface area (TPSA) is 46.2 Å². The molecule has 0 amide bonds. The number of hydrogen-bond donors (Lipinski definition) is 2. The van der Waals surface area contributed by atoms with Crippen LogP contribution < -0.4 is 5.73 Å². The van der Waals surface area contributed by atoms with Gasteiger partial charge in [0.1, 0.15) is 0 Å². The van der Waals surface area contributed by atoms with Gasteiger partial charge < -0.3 is 10.8 Å². The van der Waals surface area contributed by atoms with Crippen LogP contribution in [-0.4, -0.2) is 5.11 Å². The van der Waals surface area contributed by atoms with Gasteiger partial charge in [-0.05, 0) is 37.5 Å². The molecule has 1 rings (SSSR count). The molecule has 1 aromatic rings. The largest absolute Gasteiger partial charge is 0.416 e. The molecule has 2 nitrogen and oxygen atoms in total. The second-order valence-electron chi connectivity index (χ2n) is 4.08. The van der Waals surface area contributed by atoms with Crippen molar-refractivity contribution >= 4 is 5.69 Å². The Bertz CT molecular complexity index is 415. The van der Waals surface area contributed by atoms with E-state index < -0.39 is 17.8 Å². The van der Waals surface area contributed by atoms with Crippen molar-refractivity contribution in [3.63, 3.8) is 0 Å². The monoisotopic (exact) mass is 259 g/mol. The lowest BCUT2D eigenvalue weighted by Crippen LogP contribution is -2.09. The second-order valence-corrected chi connectivity index (χ2v) is 4.08. The van der Waals surface area contributed by atoms with E-state index in [-0.39, 0.29) is 11.3 Å². The molecule has 0 heterocycles. The quantitative estimate of drug-likeness (QED) is 0.481. The van der Waals surface area contributed by atoms with Crippen LogP contribution in [0.1, 0.15) is 36.5 Å². The van der Waals surface area contributed by atoms with Gasteiger partial charge in [0, 0.05) is 11.3 Å². The first-order valence-corrected chi connectivity index (χ1v) is 5.62. The van der Waals surface area contributed by atoms with E-state index in [4.69, 9.17) is 5.73 Å². The predicted octanol–water partition coefficient (Wildman–Crippen LogP) is 3.68. The number of aliphatic hydroxyl groups is 1. The molecule has 0 saturated carbocycles. The third-order valence-electron chi connectivity index (χ3n) is 2.66. The molecule has 0 fully saturated rings. The summed E-state index contributed by atoms with van der Waals surface area (Å²) in [6, 6.07) is 3.00. The van der Waals surface area contributed by atoms with Crippen molar-refractivity contribution in [3.05, 3.63) is 42.0 Å². The number of halogens is 3. The van der Waals surface area contributed by atoms with Gasteiger partial charge in [-0.3, -0.25) is 0 Å². The summed E-state index contributed by atoms with van der Waals surface area (Å²) in [5.74, 6) is 0. The molecule has 0 aliphatic carbocycles. The number of rotatable bonds is 5. The van der Waals surface area contributed by atoms with Crippen molar-refractivity contribution in [2.75, 3.05) is 5.73 Å². The molecule has 3 N–H and O–H groups in total. The van der Waals surface area contributed by atoms with Crippen molar-refractivity contribution in [2.45, 2.75) is 31.5 Å². The standard InChI is InChI=1S/C13H16F3NO/c1-2-3-4-5-12(18)10-8-9(13(14,15)16)6-7-11(10)17/h2,6-8,12,18H,1,3-5,17H2. The first-order valence-electron chi connectivity index (χ1n) is 5.62. The van der Waals surface area contributed by atoms with Gasteiger partial charge >= 0.3 is 6.18 Å². The molecule has 0 aromatic heterocycles. The molecule has 100 valence electrons. The fourth-order valence-electron chi connectivity index (χ4n) is 1.65. The Morgan fingerprint density at radius 2 is 2.06 bits per heavy atom. The van der Waals surface area contributed by atoms with Gasteiger partial charge in [0.05, 0.1) is 11.7 Å². The van der Waals surface area contributed by atoms with Crippen molar-refractivity contribution < 1.29 is 18.3 Å². The molecular formula is C13H16F3NO. The Kier molecular flexibility index (Phi) is 4.78. The minimum atomic E-state index is -4.43. The Hall–Kier alpha value is -1.49. The fraction of sp³-hybridized carbons (Fsp3) is 0.385. The number of hydrogen-bond acceptors (Lipinski definition) is 2. The molecule has 0 bridgehead atoms. The molecule has 0 spiro atoms. The van der Waals surface area contributed by atoms with Gasteiger partial charge in [0.2, 0.25) is 0 Å². The van der Waals surface area contributed by atoms with Gasteiger partial charge in [-0.2, -0.15) is 13.2 Å². The number of unbranched alkanes of at least 4 members (excludes halogenated alkanes) is 1. The van der Waals surface area contributed by atoms with Crippen LogP contribution in [0.25, 0.3) is 0 Å². The van der Waals surface area contributed by atoms with E-state index in [2.05, 4.69) is 6.58 Å². The number of alkyl halides is 3. The molecule has 0 saturated heterocycles. The zero-order valence-corrected chi connectivity index (χ0v) is 9.87. The van der Waals surface area contributed by atoms with Crippen LogP contribution >= 0.6 is 0 Å². The summed E-state index contributed by atoms with van der Waals surface area (Å²) in [7, 11) is 0. The maximum Gasteiger partial charge on any atom is 0.416 e. The van der Waals surface area contributed by atoms with E-state index in [1.807, 2.05) is 0 Å². The SMILES string of the molecule is C=CCCCC(O)c1cc(C(F)(F)F)ccc1N. The maximum absolute atomic E-state index is 12.5. The highest BCUT2D eigenvalue weighted by molar-refractivity contribution is 5.50. The highest BCUT2D eigenvalue weighted by Gasteiger charge is 2.31. The van der Waals surface area contributed by atoms with Crippen LogP contribution in [0.4, 0.5) is 18.9 Å². The average Bonchev–Trinajstić information content (AvgIpc) is 2.28. The van der Waals surface area contributed by atoms with E-state index in [1.54, 1.807) is 6.08 Å². The van der Waals surface area contributed by atoms with Crippen molar-refractivity contribution in [3.8, 4) is 0 Å². The molecule has 0 radical (unpaired) electrons. The number of benzene rings is 1. The molecule has 18 heavy (non-hydrogen) atoms. The zero-order valence-electron chi connectivity index (χ0n) is 9.87. The molecule has 0 aliphatic rings. The van der Waals surface area contributed by atoms with E-state index in [0.29, 0.717) is 19.3 Å². The number of aliphatic hydroxyl groups excluding tert-OH is 1. The van der Waals surface area contributed by atoms with Crippen molar-refractivity contribution in [1.82, 2.24) is 0 Å². The summed E-state index contributed by atoms with van der Waals surface area (Å²) in [4.78, 5) is 0. The fourth-order valence-corrected chi connectivity index (χ4v) is 1.65. The zero-order chi connectivity index (χ0) is 13.8. The molecule has 1 unspecified atom stereocenters. The number of nitrogen functional groups attached to an aromatic ring is 1. The minimum absolute atomic E-state index is 0.133. The van der Waals surface area contributed by atoms with Gasteiger partial charge in [0.15, 0.2) is 0 Å². The predicted molar refractivity (Wildman–Crippen MR) is 64.9 cm³/mol. The molecule has 0 aliphatic heterocycles. The van der Waals surface area contributed by atoms with Crippen LogP contribution in [-0.2, 0) is 6.18 Å².